The minimum atomic E-state index is -3.14. The first-order valence-corrected chi connectivity index (χ1v) is 8.38. The van der Waals surface area contributed by atoms with Gasteiger partial charge in [-0.05, 0) is 46.0 Å². The quantitative estimate of drug-likeness (QED) is 0.816. The van der Waals surface area contributed by atoms with E-state index >= 15 is 0 Å². The molecule has 1 rings (SSSR count). The minimum absolute atomic E-state index is 0.0706. The highest BCUT2D eigenvalue weighted by atomic mass is 32.2. The topological polar surface area (TPSA) is 84.5 Å². The molecule has 2 N–H and O–H groups in total. The molecule has 0 unspecified atom stereocenters. The van der Waals surface area contributed by atoms with Crippen molar-refractivity contribution in [3.63, 3.8) is 0 Å². The molecule has 0 radical (unpaired) electrons. The lowest BCUT2D eigenvalue weighted by Crippen LogP contribution is -2.38. The third-order valence-corrected chi connectivity index (χ3v) is 3.59. The molecule has 1 fully saturated rings. The number of sulfonamides is 1. The zero-order valence-electron chi connectivity index (χ0n) is 12.0. The lowest BCUT2D eigenvalue weighted by atomic mass is 10.1. The second kappa shape index (κ2) is 6.09. The summed E-state index contributed by atoms with van der Waals surface area (Å²) in [5.41, 5.74) is -0.500. The summed E-state index contributed by atoms with van der Waals surface area (Å²) in [6.45, 7) is 5.89. The lowest BCUT2D eigenvalue weighted by molar-refractivity contribution is 0.0504. The highest BCUT2D eigenvalue weighted by molar-refractivity contribution is 7.88. The van der Waals surface area contributed by atoms with Crippen LogP contribution in [0.25, 0.3) is 0 Å². The molecular formula is C12H24N2O4S. The number of carbonyl (C=O) groups is 1. The Morgan fingerprint density at radius 2 is 1.95 bits per heavy atom. The summed E-state index contributed by atoms with van der Waals surface area (Å²) in [5.74, 6) is 0.273. The fourth-order valence-corrected chi connectivity index (χ4v) is 2.67. The van der Waals surface area contributed by atoms with Crippen molar-refractivity contribution >= 4 is 16.1 Å². The summed E-state index contributed by atoms with van der Waals surface area (Å²) < 4.78 is 29.7. The predicted octanol–water partition coefficient (Wildman–Crippen LogP) is 1.23. The van der Waals surface area contributed by atoms with Crippen LogP contribution in [0.3, 0.4) is 0 Å². The van der Waals surface area contributed by atoms with E-state index in [1.54, 1.807) is 0 Å². The maximum absolute atomic E-state index is 11.6. The molecule has 112 valence electrons. The first-order chi connectivity index (χ1) is 8.55. The van der Waals surface area contributed by atoms with Crippen molar-refractivity contribution in [2.45, 2.75) is 51.7 Å². The molecule has 0 saturated heterocycles. The van der Waals surface area contributed by atoms with Crippen LogP contribution in [0, 0.1) is 5.92 Å². The fraction of sp³-hybridized carbons (Fsp3) is 0.917. The van der Waals surface area contributed by atoms with Gasteiger partial charge in [0.1, 0.15) is 5.60 Å². The molecule has 1 aliphatic rings. The van der Waals surface area contributed by atoms with Crippen LogP contribution >= 0.6 is 0 Å². The summed E-state index contributed by atoms with van der Waals surface area (Å²) in [4.78, 5) is 11.6. The molecule has 6 nitrogen and oxygen atoms in total. The van der Waals surface area contributed by atoms with Gasteiger partial charge >= 0.3 is 6.09 Å². The molecule has 0 heterocycles. The average molecular weight is 292 g/mol. The predicted molar refractivity (Wildman–Crippen MR) is 73.3 cm³/mol. The Labute approximate surface area is 115 Å². The van der Waals surface area contributed by atoms with Crippen LogP contribution in [0.2, 0.25) is 0 Å². The van der Waals surface area contributed by atoms with E-state index in [1.165, 1.54) is 0 Å². The molecule has 0 spiro atoms. The van der Waals surface area contributed by atoms with E-state index in [0.717, 1.165) is 25.5 Å². The highest BCUT2D eigenvalue weighted by Crippen LogP contribution is 2.25. The summed E-state index contributed by atoms with van der Waals surface area (Å²) >= 11 is 0. The van der Waals surface area contributed by atoms with Crippen LogP contribution in [-0.2, 0) is 14.8 Å². The number of rotatable bonds is 4. The fourth-order valence-electron chi connectivity index (χ4n) is 2.13. The van der Waals surface area contributed by atoms with Crippen LogP contribution < -0.4 is 10.0 Å². The average Bonchev–Trinajstić information content (AvgIpc) is 2.58. The number of ether oxygens (including phenoxy) is 1. The second-order valence-electron chi connectivity index (χ2n) is 6.14. The van der Waals surface area contributed by atoms with Gasteiger partial charge in [0, 0.05) is 12.6 Å². The maximum Gasteiger partial charge on any atom is 0.407 e. The Morgan fingerprint density at radius 3 is 2.47 bits per heavy atom. The van der Waals surface area contributed by atoms with Gasteiger partial charge in [0.05, 0.1) is 6.26 Å². The molecule has 0 aromatic rings. The Bertz CT molecular complexity index is 414. The van der Waals surface area contributed by atoms with E-state index in [2.05, 4.69) is 10.0 Å². The van der Waals surface area contributed by atoms with Gasteiger partial charge in [0.2, 0.25) is 10.0 Å². The molecule has 1 amide bonds. The third kappa shape index (κ3) is 7.37. The van der Waals surface area contributed by atoms with Gasteiger partial charge in [-0.2, -0.15) is 0 Å². The highest BCUT2D eigenvalue weighted by Gasteiger charge is 2.27. The molecule has 0 bridgehead atoms. The van der Waals surface area contributed by atoms with Crippen molar-refractivity contribution in [3.05, 3.63) is 0 Å². The Kier molecular flexibility index (Phi) is 5.20. The molecule has 0 aromatic heterocycles. The van der Waals surface area contributed by atoms with E-state index < -0.39 is 21.7 Å². The van der Waals surface area contributed by atoms with Gasteiger partial charge in [-0.1, -0.05) is 0 Å². The van der Waals surface area contributed by atoms with Crippen molar-refractivity contribution in [1.82, 2.24) is 10.0 Å². The normalized spacial score (nSPS) is 24.2. The summed E-state index contributed by atoms with van der Waals surface area (Å²) in [6.07, 6.45) is 3.28. The molecule has 0 aromatic carbocycles. The van der Waals surface area contributed by atoms with Crippen LogP contribution in [0.15, 0.2) is 0 Å². The zero-order chi connectivity index (χ0) is 14.7. The summed E-state index contributed by atoms with van der Waals surface area (Å²) in [6, 6.07) is 0.0706. The molecule has 1 saturated carbocycles. The van der Waals surface area contributed by atoms with Gasteiger partial charge in [-0.3, -0.25) is 0 Å². The molecule has 1 aliphatic carbocycles. The van der Waals surface area contributed by atoms with Gasteiger partial charge in [0.25, 0.3) is 0 Å². The summed E-state index contributed by atoms with van der Waals surface area (Å²) in [5, 5.41) is 2.82. The lowest BCUT2D eigenvalue weighted by Gasteiger charge is -2.21. The molecular weight excluding hydrogens is 268 g/mol. The van der Waals surface area contributed by atoms with Crippen LogP contribution in [0.5, 0.6) is 0 Å². The maximum atomic E-state index is 11.6. The van der Waals surface area contributed by atoms with Crippen molar-refractivity contribution < 1.29 is 17.9 Å². The first-order valence-electron chi connectivity index (χ1n) is 6.49. The SMILES string of the molecule is CC(C)(C)OC(=O)N[C@@H]1CC[C@H](CNS(C)(=O)=O)C1. The Balaban J connectivity index is 2.30. The monoisotopic (exact) mass is 292 g/mol. The molecule has 2 atom stereocenters. The summed E-state index contributed by atoms with van der Waals surface area (Å²) in [7, 11) is -3.14. The number of alkyl carbamates (subject to hydrolysis) is 1. The van der Waals surface area contributed by atoms with Gasteiger partial charge in [-0.15, -0.1) is 0 Å². The number of hydrogen-bond donors (Lipinski definition) is 2. The van der Waals surface area contributed by atoms with Crippen molar-refractivity contribution in [2.75, 3.05) is 12.8 Å². The van der Waals surface area contributed by atoms with Crippen molar-refractivity contribution in [2.24, 2.45) is 5.92 Å². The number of amides is 1. The largest absolute Gasteiger partial charge is 0.444 e. The standard InChI is InChI=1S/C12H24N2O4S/c1-12(2,3)18-11(15)14-10-6-5-9(7-10)8-13-19(4,16)17/h9-10,13H,5-8H2,1-4H3,(H,14,15)/t9-,10+/m0/s1. The minimum Gasteiger partial charge on any atom is -0.444 e. The smallest absolute Gasteiger partial charge is 0.407 e. The number of hydrogen-bond acceptors (Lipinski definition) is 4. The third-order valence-electron chi connectivity index (χ3n) is 2.90. The van der Waals surface area contributed by atoms with E-state index in [4.69, 9.17) is 4.74 Å². The first kappa shape index (κ1) is 16.2. The van der Waals surface area contributed by atoms with E-state index in [-0.39, 0.29) is 12.0 Å². The van der Waals surface area contributed by atoms with Crippen molar-refractivity contribution in [3.8, 4) is 0 Å². The Hall–Kier alpha value is -0.820. The zero-order valence-corrected chi connectivity index (χ0v) is 12.8. The van der Waals surface area contributed by atoms with E-state index in [0.29, 0.717) is 6.54 Å². The molecule has 7 heteroatoms. The van der Waals surface area contributed by atoms with Gasteiger partial charge < -0.3 is 10.1 Å². The van der Waals surface area contributed by atoms with Gasteiger partial charge in [-0.25, -0.2) is 17.9 Å². The Morgan fingerprint density at radius 1 is 1.32 bits per heavy atom. The second-order valence-corrected chi connectivity index (χ2v) is 7.98. The van der Waals surface area contributed by atoms with Gasteiger partial charge in [0.15, 0.2) is 0 Å². The van der Waals surface area contributed by atoms with E-state index in [1.807, 2.05) is 20.8 Å². The van der Waals surface area contributed by atoms with Crippen molar-refractivity contribution in [1.29, 1.82) is 0 Å². The molecule has 19 heavy (non-hydrogen) atoms. The van der Waals surface area contributed by atoms with Crippen LogP contribution in [0.4, 0.5) is 4.79 Å². The molecule has 0 aliphatic heterocycles. The van der Waals surface area contributed by atoms with Crippen LogP contribution in [-0.4, -0.2) is 39.0 Å². The number of carbonyl (C=O) groups excluding carboxylic acids is 1. The number of nitrogens with one attached hydrogen (secondary N) is 2. The van der Waals surface area contributed by atoms with Crippen LogP contribution in [0.1, 0.15) is 40.0 Å². The van der Waals surface area contributed by atoms with E-state index in [9.17, 15) is 13.2 Å².